The Bertz CT molecular complexity index is 517. The van der Waals surface area contributed by atoms with Crippen molar-refractivity contribution < 1.29 is 9.53 Å². The third kappa shape index (κ3) is 4.87. The molecule has 1 heterocycles. The van der Waals surface area contributed by atoms with Gasteiger partial charge < -0.3 is 4.74 Å². The first-order chi connectivity index (χ1) is 9.24. The third-order valence-corrected chi connectivity index (χ3v) is 3.81. The monoisotopic (exact) mass is 274 g/mol. The predicted molar refractivity (Wildman–Crippen MR) is 78.9 cm³/mol. The minimum Gasteiger partial charge on any atom is -0.493 e. The predicted octanol–water partition coefficient (Wildman–Crippen LogP) is 4.03. The molecule has 0 bridgehead atoms. The summed E-state index contributed by atoms with van der Waals surface area (Å²) in [6.45, 7) is 2.49. The smallest absolute Gasteiger partial charge is 0.136 e. The zero-order chi connectivity index (χ0) is 13.5. The number of hydrogen-bond donors (Lipinski definition) is 0. The molecule has 0 N–H and O–H groups in total. The van der Waals surface area contributed by atoms with Gasteiger partial charge in [0, 0.05) is 17.7 Å². The average molecular weight is 274 g/mol. The summed E-state index contributed by atoms with van der Waals surface area (Å²) in [4.78, 5) is 13.0. The van der Waals surface area contributed by atoms with Crippen LogP contribution in [0.4, 0.5) is 0 Å². The van der Waals surface area contributed by atoms with Crippen molar-refractivity contribution in [3.8, 4) is 5.75 Å². The van der Waals surface area contributed by atoms with Crippen molar-refractivity contribution in [1.82, 2.24) is 0 Å². The molecule has 0 aliphatic carbocycles. The number of ether oxygens (including phenoxy) is 1. The fraction of sp³-hybridized carbons (Fsp3) is 0.312. The van der Waals surface area contributed by atoms with E-state index in [4.69, 9.17) is 4.74 Å². The number of rotatable bonds is 7. The summed E-state index contributed by atoms with van der Waals surface area (Å²) in [5, 5.41) is 2.04. The van der Waals surface area contributed by atoms with Gasteiger partial charge in [0.1, 0.15) is 11.5 Å². The molecule has 0 amide bonds. The molecule has 100 valence electrons. The highest BCUT2D eigenvalue weighted by Gasteiger charge is 2.04. The molecule has 19 heavy (non-hydrogen) atoms. The van der Waals surface area contributed by atoms with Crippen LogP contribution in [-0.4, -0.2) is 12.4 Å². The normalized spacial score (nSPS) is 10.4. The fourth-order valence-corrected chi connectivity index (χ4v) is 2.54. The number of ketones is 1. The highest BCUT2D eigenvalue weighted by atomic mass is 32.1. The van der Waals surface area contributed by atoms with Gasteiger partial charge in [-0.15, -0.1) is 11.3 Å². The van der Waals surface area contributed by atoms with E-state index in [1.54, 1.807) is 11.3 Å². The number of benzene rings is 1. The van der Waals surface area contributed by atoms with Crippen LogP contribution in [0.3, 0.4) is 0 Å². The first-order valence-electron chi connectivity index (χ1n) is 6.47. The molecule has 0 saturated heterocycles. The van der Waals surface area contributed by atoms with E-state index in [-0.39, 0.29) is 5.78 Å². The molecular weight excluding hydrogens is 256 g/mol. The SMILES string of the molecule is Cc1cccc(OCCC(=O)CCc2cccs2)c1. The first kappa shape index (κ1) is 13.8. The molecular formula is C16H18O2S. The highest BCUT2D eigenvalue weighted by molar-refractivity contribution is 7.09. The molecule has 0 fully saturated rings. The number of Topliss-reactive ketones (excluding diaryl/α,β-unsaturated/α-hetero) is 1. The summed E-state index contributed by atoms with van der Waals surface area (Å²) in [5.41, 5.74) is 1.17. The molecule has 0 atom stereocenters. The molecule has 0 saturated carbocycles. The summed E-state index contributed by atoms with van der Waals surface area (Å²) < 4.78 is 5.58. The van der Waals surface area contributed by atoms with Gasteiger partial charge in [-0.1, -0.05) is 18.2 Å². The molecule has 2 aromatic rings. The quantitative estimate of drug-likeness (QED) is 0.762. The van der Waals surface area contributed by atoms with Crippen LogP contribution in [0, 0.1) is 6.92 Å². The van der Waals surface area contributed by atoms with Crippen LogP contribution in [0.2, 0.25) is 0 Å². The summed E-state index contributed by atoms with van der Waals surface area (Å²) in [6, 6.07) is 12.0. The van der Waals surface area contributed by atoms with Gasteiger partial charge in [-0.05, 0) is 42.5 Å². The summed E-state index contributed by atoms with van der Waals surface area (Å²) in [6.07, 6.45) is 1.94. The van der Waals surface area contributed by atoms with Gasteiger partial charge in [0.2, 0.25) is 0 Å². The number of hydrogen-bond acceptors (Lipinski definition) is 3. The number of thiophene rings is 1. The van der Waals surface area contributed by atoms with Crippen LogP contribution in [0.5, 0.6) is 5.75 Å². The number of carbonyl (C=O) groups is 1. The topological polar surface area (TPSA) is 26.3 Å². The second kappa shape index (κ2) is 7.10. The lowest BCUT2D eigenvalue weighted by Crippen LogP contribution is -2.07. The van der Waals surface area contributed by atoms with Crippen LogP contribution in [0.25, 0.3) is 0 Å². The van der Waals surface area contributed by atoms with Gasteiger partial charge in [0.15, 0.2) is 0 Å². The van der Waals surface area contributed by atoms with E-state index in [9.17, 15) is 4.79 Å². The lowest BCUT2D eigenvalue weighted by molar-refractivity contribution is -0.119. The Morgan fingerprint density at radius 3 is 2.84 bits per heavy atom. The van der Waals surface area contributed by atoms with Crippen molar-refractivity contribution in [2.24, 2.45) is 0 Å². The minimum absolute atomic E-state index is 0.265. The summed E-state index contributed by atoms with van der Waals surface area (Å²) in [7, 11) is 0. The van der Waals surface area contributed by atoms with Crippen LogP contribution in [0.15, 0.2) is 41.8 Å². The van der Waals surface area contributed by atoms with Gasteiger partial charge in [-0.2, -0.15) is 0 Å². The van der Waals surface area contributed by atoms with E-state index in [1.165, 1.54) is 10.4 Å². The standard InChI is InChI=1S/C16H18O2S/c1-13-4-2-5-15(12-13)18-10-9-14(17)7-8-16-6-3-11-19-16/h2-6,11-12H,7-10H2,1H3. The Hall–Kier alpha value is -1.61. The van der Waals surface area contributed by atoms with Crippen molar-refractivity contribution in [1.29, 1.82) is 0 Å². The zero-order valence-electron chi connectivity index (χ0n) is 11.1. The number of aryl methyl sites for hydroxylation is 2. The molecule has 0 radical (unpaired) electrons. The maximum Gasteiger partial charge on any atom is 0.136 e. The Labute approximate surface area is 118 Å². The van der Waals surface area contributed by atoms with E-state index >= 15 is 0 Å². The number of carbonyl (C=O) groups excluding carboxylic acids is 1. The molecule has 0 aliphatic heterocycles. The van der Waals surface area contributed by atoms with Crippen molar-refractivity contribution in [3.63, 3.8) is 0 Å². The highest BCUT2D eigenvalue weighted by Crippen LogP contribution is 2.14. The second-order valence-corrected chi connectivity index (χ2v) is 5.57. The Morgan fingerprint density at radius 1 is 1.21 bits per heavy atom. The first-order valence-corrected chi connectivity index (χ1v) is 7.35. The van der Waals surface area contributed by atoms with Crippen LogP contribution in [0.1, 0.15) is 23.3 Å². The van der Waals surface area contributed by atoms with E-state index < -0.39 is 0 Å². The van der Waals surface area contributed by atoms with E-state index in [1.807, 2.05) is 42.6 Å². The lowest BCUT2D eigenvalue weighted by atomic mass is 10.1. The molecule has 2 nitrogen and oxygen atoms in total. The Kier molecular flexibility index (Phi) is 5.16. The van der Waals surface area contributed by atoms with Gasteiger partial charge in [0.25, 0.3) is 0 Å². The van der Waals surface area contributed by atoms with Gasteiger partial charge in [-0.3, -0.25) is 4.79 Å². The summed E-state index contributed by atoms with van der Waals surface area (Å²) in [5.74, 6) is 1.10. The molecule has 0 aliphatic rings. The van der Waals surface area contributed by atoms with Gasteiger partial charge >= 0.3 is 0 Å². The maximum atomic E-state index is 11.7. The van der Waals surface area contributed by atoms with Crippen molar-refractivity contribution in [2.45, 2.75) is 26.2 Å². The van der Waals surface area contributed by atoms with E-state index in [0.29, 0.717) is 19.4 Å². The Morgan fingerprint density at radius 2 is 2.11 bits per heavy atom. The molecule has 2 rings (SSSR count). The van der Waals surface area contributed by atoms with Crippen LogP contribution in [-0.2, 0) is 11.2 Å². The van der Waals surface area contributed by atoms with Crippen LogP contribution < -0.4 is 4.74 Å². The van der Waals surface area contributed by atoms with Crippen LogP contribution >= 0.6 is 11.3 Å². The zero-order valence-corrected chi connectivity index (χ0v) is 11.9. The lowest BCUT2D eigenvalue weighted by Gasteiger charge is -2.06. The van der Waals surface area contributed by atoms with Gasteiger partial charge in [-0.25, -0.2) is 0 Å². The molecule has 3 heteroatoms. The maximum absolute atomic E-state index is 11.7. The van der Waals surface area contributed by atoms with E-state index in [0.717, 1.165) is 12.2 Å². The molecule has 0 unspecified atom stereocenters. The molecule has 0 spiro atoms. The van der Waals surface area contributed by atoms with Crippen molar-refractivity contribution in [2.75, 3.05) is 6.61 Å². The van der Waals surface area contributed by atoms with Gasteiger partial charge in [0.05, 0.1) is 6.61 Å². The van der Waals surface area contributed by atoms with E-state index in [2.05, 4.69) is 6.07 Å². The fourth-order valence-electron chi connectivity index (χ4n) is 1.83. The second-order valence-electron chi connectivity index (χ2n) is 4.53. The van der Waals surface area contributed by atoms with Crippen molar-refractivity contribution >= 4 is 17.1 Å². The third-order valence-electron chi connectivity index (χ3n) is 2.87. The van der Waals surface area contributed by atoms with Crippen molar-refractivity contribution in [3.05, 3.63) is 52.2 Å². The summed E-state index contributed by atoms with van der Waals surface area (Å²) >= 11 is 1.70. The largest absolute Gasteiger partial charge is 0.493 e. The Balaban J connectivity index is 1.66. The molecule has 1 aromatic carbocycles. The minimum atomic E-state index is 0.265. The molecule has 1 aromatic heterocycles. The average Bonchev–Trinajstić information content (AvgIpc) is 2.89.